The maximum atomic E-state index is 5.46. The van der Waals surface area contributed by atoms with Crippen molar-refractivity contribution in [2.45, 2.75) is 0 Å². The van der Waals surface area contributed by atoms with Gasteiger partial charge in [0.05, 0.1) is 38.8 Å². The number of fused-ring (bicyclic) bond motifs is 11. The van der Waals surface area contributed by atoms with E-state index in [1.807, 2.05) is 11.3 Å². The van der Waals surface area contributed by atoms with E-state index >= 15 is 0 Å². The standard InChI is InChI=1S/C48H26N4S/c1-2-12-28(13-3-1)45-34-24-23-27-11-4-5-14-29(27)46(34)50-48(49-45)52-37-19-9-16-31-32-17-8-18-33-35-25-36-30-15-6-7-22-41(30)53-42(36)26-40(35)51(47(32)33)38-20-10-21-39(52)44(38)43(31)37/h1-26H. The number of aromatic nitrogens is 4. The molecular formula is C48H26N4S. The highest BCUT2D eigenvalue weighted by atomic mass is 32.1. The molecule has 0 saturated carbocycles. The second-order valence-corrected chi connectivity index (χ2v) is 15.2. The Morgan fingerprint density at radius 3 is 2.02 bits per heavy atom. The van der Waals surface area contributed by atoms with Gasteiger partial charge in [0.1, 0.15) is 0 Å². The average molecular weight is 691 g/mol. The lowest BCUT2D eigenvalue weighted by atomic mass is 10.0. The maximum absolute atomic E-state index is 5.46. The van der Waals surface area contributed by atoms with Gasteiger partial charge in [0, 0.05) is 63.4 Å². The van der Waals surface area contributed by atoms with Gasteiger partial charge >= 0.3 is 0 Å². The van der Waals surface area contributed by atoms with Crippen molar-refractivity contribution in [3.8, 4) is 17.2 Å². The first-order chi connectivity index (χ1) is 26.3. The number of nitrogens with zero attached hydrogens (tertiary/aromatic N) is 4. The summed E-state index contributed by atoms with van der Waals surface area (Å²) in [6, 6.07) is 57.3. The Morgan fingerprint density at radius 1 is 0.415 bits per heavy atom. The molecule has 0 bridgehead atoms. The summed E-state index contributed by atoms with van der Waals surface area (Å²) in [5.41, 5.74) is 8.82. The molecule has 4 nitrogen and oxygen atoms in total. The molecule has 13 rings (SSSR count). The number of hydrogen-bond donors (Lipinski definition) is 0. The predicted molar refractivity (Wildman–Crippen MR) is 224 cm³/mol. The Morgan fingerprint density at radius 2 is 1.11 bits per heavy atom. The first kappa shape index (κ1) is 27.8. The summed E-state index contributed by atoms with van der Waals surface area (Å²) in [4.78, 5) is 10.9. The van der Waals surface area contributed by atoms with Crippen LogP contribution in [0.4, 0.5) is 0 Å². The zero-order valence-corrected chi connectivity index (χ0v) is 29.0. The Labute approximate surface area is 305 Å². The zero-order valence-electron chi connectivity index (χ0n) is 28.2. The molecule has 13 aromatic rings. The molecule has 5 aromatic heterocycles. The van der Waals surface area contributed by atoms with Crippen LogP contribution in [-0.2, 0) is 0 Å². The molecule has 0 aliphatic carbocycles. The van der Waals surface area contributed by atoms with E-state index in [2.05, 4.69) is 167 Å². The fraction of sp³-hybridized carbons (Fsp3) is 0. The fourth-order valence-corrected chi connectivity index (χ4v) is 10.4. The lowest BCUT2D eigenvalue weighted by Crippen LogP contribution is -2.04. The topological polar surface area (TPSA) is 35.1 Å². The van der Waals surface area contributed by atoms with Crippen molar-refractivity contribution >= 4 is 113 Å². The number of hydrogen-bond acceptors (Lipinski definition) is 3. The van der Waals surface area contributed by atoms with E-state index in [9.17, 15) is 0 Å². The predicted octanol–water partition coefficient (Wildman–Crippen LogP) is 13.1. The van der Waals surface area contributed by atoms with Crippen LogP contribution in [0, 0.1) is 0 Å². The van der Waals surface area contributed by atoms with Crippen LogP contribution >= 0.6 is 11.3 Å². The minimum Gasteiger partial charge on any atom is -0.308 e. The monoisotopic (exact) mass is 690 g/mol. The molecule has 0 aliphatic rings. The number of rotatable bonds is 2. The van der Waals surface area contributed by atoms with Crippen LogP contribution in [0.25, 0.3) is 119 Å². The van der Waals surface area contributed by atoms with E-state index in [4.69, 9.17) is 9.97 Å². The third-order valence-corrected chi connectivity index (χ3v) is 12.6. The van der Waals surface area contributed by atoms with E-state index in [1.54, 1.807) is 0 Å². The minimum absolute atomic E-state index is 0.672. The van der Waals surface area contributed by atoms with Crippen molar-refractivity contribution in [2.75, 3.05) is 0 Å². The minimum atomic E-state index is 0.672. The fourth-order valence-electron chi connectivity index (χ4n) is 9.24. The van der Waals surface area contributed by atoms with Gasteiger partial charge in [0.25, 0.3) is 0 Å². The van der Waals surface area contributed by atoms with Gasteiger partial charge < -0.3 is 4.40 Å². The van der Waals surface area contributed by atoms with Gasteiger partial charge in [-0.05, 0) is 53.2 Å². The molecular weight excluding hydrogens is 665 g/mol. The quantitative estimate of drug-likeness (QED) is 0.169. The summed E-state index contributed by atoms with van der Waals surface area (Å²) >= 11 is 1.88. The van der Waals surface area contributed by atoms with Crippen molar-refractivity contribution in [1.29, 1.82) is 0 Å². The summed E-state index contributed by atoms with van der Waals surface area (Å²) < 4.78 is 7.45. The molecule has 0 fully saturated rings. The van der Waals surface area contributed by atoms with E-state index in [0.717, 1.165) is 44.0 Å². The summed E-state index contributed by atoms with van der Waals surface area (Å²) in [6.45, 7) is 0. The van der Waals surface area contributed by atoms with Crippen molar-refractivity contribution in [3.63, 3.8) is 0 Å². The molecule has 0 saturated heterocycles. The molecule has 0 amide bonds. The molecule has 53 heavy (non-hydrogen) atoms. The van der Waals surface area contributed by atoms with Crippen molar-refractivity contribution < 1.29 is 0 Å². The summed E-state index contributed by atoms with van der Waals surface area (Å²) in [7, 11) is 0. The van der Waals surface area contributed by atoms with Gasteiger partial charge in [-0.25, -0.2) is 9.97 Å². The second kappa shape index (κ2) is 9.94. The lowest BCUT2D eigenvalue weighted by molar-refractivity contribution is 1.02. The summed E-state index contributed by atoms with van der Waals surface area (Å²) in [6.07, 6.45) is 0. The average Bonchev–Trinajstić information content (AvgIpc) is 3.84. The van der Waals surface area contributed by atoms with Gasteiger partial charge in [0.2, 0.25) is 5.95 Å². The van der Waals surface area contributed by atoms with Crippen molar-refractivity contribution in [1.82, 2.24) is 18.9 Å². The molecule has 5 heteroatoms. The highest BCUT2D eigenvalue weighted by Crippen LogP contribution is 2.46. The molecule has 244 valence electrons. The van der Waals surface area contributed by atoms with Gasteiger partial charge in [0.15, 0.2) is 0 Å². The first-order valence-electron chi connectivity index (χ1n) is 18.0. The molecule has 0 N–H and O–H groups in total. The Bertz CT molecular complexity index is 3680. The van der Waals surface area contributed by atoms with E-state index in [1.165, 1.54) is 69.0 Å². The van der Waals surface area contributed by atoms with Crippen LogP contribution in [0.1, 0.15) is 0 Å². The van der Waals surface area contributed by atoms with Crippen LogP contribution in [0.15, 0.2) is 158 Å². The van der Waals surface area contributed by atoms with E-state index < -0.39 is 0 Å². The van der Waals surface area contributed by atoms with Crippen molar-refractivity contribution in [3.05, 3.63) is 158 Å². The van der Waals surface area contributed by atoms with Gasteiger partial charge in [-0.2, -0.15) is 0 Å². The maximum Gasteiger partial charge on any atom is 0.235 e. The summed E-state index contributed by atoms with van der Waals surface area (Å²) in [5, 5.41) is 13.4. The second-order valence-electron chi connectivity index (χ2n) is 14.1. The lowest BCUT2D eigenvalue weighted by Gasteiger charge is -2.13. The number of benzene rings is 8. The van der Waals surface area contributed by atoms with Gasteiger partial charge in [-0.3, -0.25) is 4.57 Å². The third-order valence-electron chi connectivity index (χ3n) is 11.4. The third kappa shape index (κ3) is 3.54. The van der Waals surface area contributed by atoms with E-state index in [0.29, 0.717) is 5.95 Å². The highest BCUT2D eigenvalue weighted by molar-refractivity contribution is 7.25. The number of para-hydroxylation sites is 1. The summed E-state index contributed by atoms with van der Waals surface area (Å²) in [5.74, 6) is 0.672. The highest BCUT2D eigenvalue weighted by Gasteiger charge is 2.24. The first-order valence-corrected chi connectivity index (χ1v) is 18.8. The molecule has 0 unspecified atom stereocenters. The normalized spacial score (nSPS) is 12.5. The molecule has 8 aromatic carbocycles. The molecule has 0 atom stereocenters. The van der Waals surface area contributed by atoms with Crippen LogP contribution in [0.2, 0.25) is 0 Å². The van der Waals surface area contributed by atoms with Crippen LogP contribution in [0.5, 0.6) is 0 Å². The molecule has 0 aliphatic heterocycles. The molecule has 5 heterocycles. The molecule has 0 radical (unpaired) electrons. The smallest absolute Gasteiger partial charge is 0.235 e. The van der Waals surface area contributed by atoms with Crippen molar-refractivity contribution in [2.24, 2.45) is 0 Å². The van der Waals surface area contributed by atoms with Crippen LogP contribution < -0.4 is 0 Å². The SMILES string of the molecule is c1ccc(-c2nc(-n3c4cccc5c6cccc7c8cc9c(cc8n(c8cccc3c8c54)c67)sc3ccccc39)nc3c2ccc2ccccc23)cc1. The van der Waals surface area contributed by atoms with Gasteiger partial charge in [-0.1, -0.05) is 115 Å². The molecule has 0 spiro atoms. The Hall–Kier alpha value is -6.82. The largest absolute Gasteiger partial charge is 0.308 e. The van der Waals surface area contributed by atoms with Crippen LogP contribution in [-0.4, -0.2) is 18.9 Å². The van der Waals surface area contributed by atoms with Crippen LogP contribution in [0.3, 0.4) is 0 Å². The Kier molecular flexibility index (Phi) is 5.22. The Balaban J connectivity index is 1.23. The van der Waals surface area contributed by atoms with Gasteiger partial charge in [-0.15, -0.1) is 11.3 Å². The zero-order chi connectivity index (χ0) is 34.4. The van der Waals surface area contributed by atoms with E-state index in [-0.39, 0.29) is 0 Å². The number of thiophene rings is 1.